The van der Waals surface area contributed by atoms with Crippen molar-refractivity contribution in [3.05, 3.63) is 46.6 Å². The Morgan fingerprint density at radius 3 is 2.85 bits per heavy atom. The van der Waals surface area contributed by atoms with Crippen LogP contribution in [0.25, 0.3) is 10.3 Å². The first-order valence-corrected chi connectivity index (χ1v) is 8.06. The smallest absolute Gasteiger partial charge is 0.351 e. The molecule has 2 amide bonds. The van der Waals surface area contributed by atoms with Gasteiger partial charge in [0.05, 0.1) is 23.7 Å². The topological polar surface area (TPSA) is 122 Å². The molecule has 0 bridgehead atoms. The molecule has 0 radical (unpaired) electrons. The number of carbonyl (C=O) groups is 2. The number of pyridine rings is 1. The number of nitrogens with zero attached hydrogens (tertiary/aromatic N) is 2. The van der Waals surface area contributed by atoms with E-state index < -0.39 is 23.2 Å². The van der Waals surface area contributed by atoms with E-state index in [1.54, 1.807) is 6.07 Å². The Labute approximate surface area is 150 Å². The van der Waals surface area contributed by atoms with Crippen molar-refractivity contribution in [1.29, 1.82) is 0 Å². The molecule has 0 saturated carbocycles. The van der Waals surface area contributed by atoms with Crippen molar-refractivity contribution < 1.29 is 23.8 Å². The average Bonchev–Trinajstić information content (AvgIpc) is 3.03. The molecule has 10 heteroatoms. The van der Waals surface area contributed by atoms with E-state index in [2.05, 4.69) is 10.3 Å². The van der Waals surface area contributed by atoms with Gasteiger partial charge in [-0.15, -0.1) is 11.3 Å². The van der Waals surface area contributed by atoms with Crippen LogP contribution in [0.15, 0.2) is 39.8 Å². The molecule has 3 rings (SSSR count). The first-order valence-electron chi connectivity index (χ1n) is 7.24. The zero-order chi connectivity index (χ0) is 18.8. The Morgan fingerprint density at radius 1 is 1.38 bits per heavy atom. The second kappa shape index (κ2) is 6.84. The molecule has 0 unspecified atom stereocenters. The molecule has 0 atom stereocenters. The number of anilines is 2. The number of methoxy groups -OCH3 is 1. The van der Waals surface area contributed by atoms with Crippen LogP contribution in [0.4, 0.5) is 15.5 Å². The SMILES string of the molecule is COc1cnccc1NC(=O)N(C)c1cc2oc(=O)c(C(=O)O)cc2s1. The highest BCUT2D eigenvalue weighted by Crippen LogP contribution is 2.32. The third-order valence-corrected chi connectivity index (χ3v) is 4.66. The summed E-state index contributed by atoms with van der Waals surface area (Å²) in [6, 6.07) is 3.86. The number of carboxylic acids is 1. The van der Waals surface area contributed by atoms with Crippen LogP contribution in [0.1, 0.15) is 10.4 Å². The summed E-state index contributed by atoms with van der Waals surface area (Å²) in [5.41, 5.74) is -0.746. The van der Waals surface area contributed by atoms with E-state index in [-0.39, 0.29) is 5.58 Å². The Morgan fingerprint density at radius 2 is 2.15 bits per heavy atom. The second-order valence-corrected chi connectivity index (χ2v) is 6.19. The van der Waals surface area contributed by atoms with Crippen LogP contribution >= 0.6 is 11.3 Å². The van der Waals surface area contributed by atoms with Crippen molar-refractivity contribution in [2.75, 3.05) is 24.4 Å². The monoisotopic (exact) mass is 375 g/mol. The summed E-state index contributed by atoms with van der Waals surface area (Å²) in [6.45, 7) is 0. The number of hydrogen-bond acceptors (Lipinski definition) is 7. The van der Waals surface area contributed by atoms with Crippen LogP contribution in [0.5, 0.6) is 5.75 Å². The van der Waals surface area contributed by atoms with Gasteiger partial charge in [-0.05, 0) is 12.1 Å². The normalized spacial score (nSPS) is 10.5. The second-order valence-electron chi connectivity index (χ2n) is 5.13. The van der Waals surface area contributed by atoms with Gasteiger partial charge in [-0.3, -0.25) is 9.88 Å². The summed E-state index contributed by atoms with van der Waals surface area (Å²) >= 11 is 1.12. The van der Waals surface area contributed by atoms with Gasteiger partial charge >= 0.3 is 17.6 Å². The molecule has 0 aromatic carbocycles. The standard InChI is InChI=1S/C16H13N3O6S/c1-19(16(23)18-9-3-4-17-7-11(9)24-2)13-6-10-12(26-13)5-8(14(20)21)15(22)25-10/h3-7H,1-2H3,(H,20,21)(H,17,18,23). The number of carboxylic acid groups (broad SMARTS) is 1. The van der Waals surface area contributed by atoms with Crippen LogP contribution in [-0.2, 0) is 0 Å². The van der Waals surface area contributed by atoms with Crippen molar-refractivity contribution in [3.63, 3.8) is 0 Å². The van der Waals surface area contributed by atoms with Gasteiger partial charge in [0.15, 0.2) is 11.3 Å². The minimum Gasteiger partial charge on any atom is -0.493 e. The van der Waals surface area contributed by atoms with Gasteiger partial charge in [0.25, 0.3) is 0 Å². The van der Waals surface area contributed by atoms with Gasteiger partial charge in [0.1, 0.15) is 10.6 Å². The molecule has 0 spiro atoms. The molecule has 0 fully saturated rings. The van der Waals surface area contributed by atoms with Crippen LogP contribution in [0.3, 0.4) is 0 Å². The third kappa shape index (κ3) is 3.22. The summed E-state index contributed by atoms with van der Waals surface area (Å²) < 4.78 is 10.6. The fourth-order valence-corrected chi connectivity index (χ4v) is 3.15. The lowest BCUT2D eigenvalue weighted by atomic mass is 10.3. The first-order chi connectivity index (χ1) is 12.4. The van der Waals surface area contributed by atoms with E-state index in [4.69, 9.17) is 14.3 Å². The van der Waals surface area contributed by atoms with Gasteiger partial charge in [-0.1, -0.05) is 0 Å². The van der Waals surface area contributed by atoms with Crippen molar-refractivity contribution >= 4 is 44.3 Å². The van der Waals surface area contributed by atoms with E-state index in [0.29, 0.717) is 21.1 Å². The number of carbonyl (C=O) groups excluding carboxylic acids is 1. The van der Waals surface area contributed by atoms with E-state index in [1.165, 1.54) is 43.6 Å². The van der Waals surface area contributed by atoms with Gasteiger partial charge in [0.2, 0.25) is 0 Å². The molecular formula is C16H13N3O6S. The highest BCUT2D eigenvalue weighted by molar-refractivity contribution is 7.22. The number of ether oxygens (including phenoxy) is 1. The number of fused-ring (bicyclic) bond motifs is 1. The maximum Gasteiger partial charge on any atom is 0.351 e. The molecule has 0 aliphatic carbocycles. The number of hydrogen-bond donors (Lipinski definition) is 2. The largest absolute Gasteiger partial charge is 0.493 e. The van der Waals surface area contributed by atoms with Crippen LogP contribution in [-0.4, -0.2) is 36.2 Å². The minimum atomic E-state index is -1.37. The molecule has 0 aliphatic heterocycles. The average molecular weight is 375 g/mol. The van der Waals surface area contributed by atoms with Gasteiger partial charge in [0, 0.05) is 19.3 Å². The number of aromatic nitrogens is 1. The van der Waals surface area contributed by atoms with Crippen molar-refractivity contribution in [2.24, 2.45) is 0 Å². The lowest BCUT2D eigenvalue weighted by Gasteiger charge is -2.16. The van der Waals surface area contributed by atoms with E-state index >= 15 is 0 Å². The zero-order valence-corrected chi connectivity index (χ0v) is 14.5. The molecule has 3 aromatic heterocycles. The maximum absolute atomic E-state index is 12.5. The molecule has 3 heterocycles. The van der Waals surface area contributed by atoms with Crippen molar-refractivity contribution in [1.82, 2.24) is 4.98 Å². The summed E-state index contributed by atoms with van der Waals surface area (Å²) in [6.07, 6.45) is 2.98. The number of amides is 2. The first kappa shape index (κ1) is 17.4. The summed E-state index contributed by atoms with van der Waals surface area (Å²) in [4.78, 5) is 40.4. The fraction of sp³-hybridized carbons (Fsp3) is 0.125. The van der Waals surface area contributed by atoms with E-state index in [9.17, 15) is 14.4 Å². The molecule has 3 aromatic rings. The fourth-order valence-electron chi connectivity index (χ4n) is 2.16. The molecule has 9 nitrogen and oxygen atoms in total. The Kier molecular flexibility index (Phi) is 4.59. The number of aromatic carboxylic acids is 1. The Hall–Kier alpha value is -3.40. The highest BCUT2D eigenvalue weighted by atomic mass is 32.1. The van der Waals surface area contributed by atoms with Crippen molar-refractivity contribution in [3.8, 4) is 5.75 Å². The van der Waals surface area contributed by atoms with E-state index in [0.717, 1.165) is 11.3 Å². The number of urea groups is 1. The van der Waals surface area contributed by atoms with Crippen molar-refractivity contribution in [2.45, 2.75) is 0 Å². The maximum atomic E-state index is 12.5. The van der Waals surface area contributed by atoms with Crippen LogP contribution < -0.4 is 20.6 Å². The quantitative estimate of drug-likeness (QED) is 0.719. The van der Waals surface area contributed by atoms with Gasteiger partial charge in [-0.2, -0.15) is 0 Å². The molecular weight excluding hydrogens is 362 g/mol. The van der Waals surface area contributed by atoms with E-state index in [1.807, 2.05) is 0 Å². The summed E-state index contributed by atoms with van der Waals surface area (Å²) in [5, 5.41) is 12.2. The Balaban J connectivity index is 1.89. The zero-order valence-electron chi connectivity index (χ0n) is 13.7. The van der Waals surface area contributed by atoms with Gasteiger partial charge < -0.3 is 19.6 Å². The summed E-state index contributed by atoms with van der Waals surface area (Å²) in [7, 11) is 2.99. The number of rotatable bonds is 4. The van der Waals surface area contributed by atoms with Gasteiger partial charge in [-0.25, -0.2) is 14.4 Å². The predicted octanol–water partition coefficient (Wildman–Crippen LogP) is 2.62. The van der Waals surface area contributed by atoms with Crippen LogP contribution in [0, 0.1) is 0 Å². The number of nitrogens with one attached hydrogen (secondary N) is 1. The molecule has 0 aliphatic rings. The lowest BCUT2D eigenvalue weighted by molar-refractivity contribution is 0.0692. The molecule has 2 N–H and O–H groups in total. The number of thiophene rings is 1. The summed E-state index contributed by atoms with van der Waals surface area (Å²) in [5.74, 6) is -0.964. The molecule has 134 valence electrons. The van der Waals surface area contributed by atoms with Crippen LogP contribution in [0.2, 0.25) is 0 Å². The lowest BCUT2D eigenvalue weighted by Crippen LogP contribution is -2.30. The molecule has 26 heavy (non-hydrogen) atoms. The third-order valence-electron chi connectivity index (χ3n) is 3.52. The molecule has 0 saturated heterocycles. The minimum absolute atomic E-state index is 0.209. The highest BCUT2D eigenvalue weighted by Gasteiger charge is 2.19. The predicted molar refractivity (Wildman–Crippen MR) is 95.5 cm³/mol. The Bertz CT molecular complexity index is 1060.